The first-order valence-electron chi connectivity index (χ1n) is 7.43. The lowest BCUT2D eigenvalue weighted by Gasteiger charge is -2.06. The molecule has 3 rings (SSSR count). The molecular formula is C16H17ClN4O2. The number of amides is 1. The molecule has 0 bridgehead atoms. The minimum Gasteiger partial charge on any atom is -0.350 e. The topological polar surface area (TPSA) is 73.0 Å². The molecular weight excluding hydrogens is 316 g/mol. The van der Waals surface area contributed by atoms with Crippen LogP contribution in [0.3, 0.4) is 0 Å². The van der Waals surface area contributed by atoms with Crippen LogP contribution in [-0.2, 0) is 19.9 Å². The van der Waals surface area contributed by atoms with E-state index in [0.717, 1.165) is 17.3 Å². The Hall–Kier alpha value is -2.34. The summed E-state index contributed by atoms with van der Waals surface area (Å²) in [7, 11) is 1.83. The summed E-state index contributed by atoms with van der Waals surface area (Å²) in [5.41, 5.74) is 1.41. The molecule has 0 aliphatic rings. The van der Waals surface area contributed by atoms with Crippen LogP contribution in [0.4, 0.5) is 0 Å². The molecule has 1 amide bonds. The molecule has 3 aromatic rings. The number of nitrogens with zero attached hydrogens (tertiary/aromatic N) is 3. The van der Waals surface area contributed by atoms with Crippen molar-refractivity contribution >= 4 is 28.4 Å². The number of aryl methyl sites for hydroxylation is 2. The molecule has 1 N–H and O–H groups in total. The van der Waals surface area contributed by atoms with Crippen molar-refractivity contribution in [1.29, 1.82) is 0 Å². The SMILES string of the molecule is CCc1noc(CCNC(=O)c2cc3cccc(Cl)c3n2C)n1. The number of carbonyl (C=O) groups is 1. The van der Waals surface area contributed by atoms with Crippen LogP contribution in [0.15, 0.2) is 28.8 Å². The summed E-state index contributed by atoms with van der Waals surface area (Å²) < 4.78 is 6.90. The molecule has 120 valence electrons. The third-order valence-corrected chi connectivity index (χ3v) is 4.00. The lowest BCUT2D eigenvalue weighted by atomic mass is 10.2. The molecule has 0 saturated carbocycles. The third-order valence-electron chi connectivity index (χ3n) is 3.69. The van der Waals surface area contributed by atoms with Crippen LogP contribution in [0.5, 0.6) is 0 Å². The Morgan fingerprint density at radius 3 is 2.96 bits per heavy atom. The molecule has 0 radical (unpaired) electrons. The first-order chi connectivity index (χ1) is 11.1. The Morgan fingerprint density at radius 1 is 1.43 bits per heavy atom. The number of carbonyl (C=O) groups excluding carboxylic acids is 1. The predicted octanol–water partition coefficient (Wildman–Crippen LogP) is 2.75. The summed E-state index contributed by atoms with van der Waals surface area (Å²) in [4.78, 5) is 16.6. The summed E-state index contributed by atoms with van der Waals surface area (Å²) in [6.07, 6.45) is 1.23. The van der Waals surface area contributed by atoms with Gasteiger partial charge in [0.05, 0.1) is 10.5 Å². The molecule has 23 heavy (non-hydrogen) atoms. The summed E-state index contributed by atoms with van der Waals surface area (Å²) in [6.45, 7) is 2.39. The molecule has 6 nitrogen and oxygen atoms in total. The van der Waals surface area contributed by atoms with E-state index in [1.54, 1.807) is 4.57 Å². The second-order valence-corrected chi connectivity index (χ2v) is 5.64. The molecule has 0 atom stereocenters. The molecule has 0 spiro atoms. The van der Waals surface area contributed by atoms with Gasteiger partial charge in [-0.1, -0.05) is 35.8 Å². The van der Waals surface area contributed by atoms with Gasteiger partial charge < -0.3 is 14.4 Å². The van der Waals surface area contributed by atoms with Crippen LogP contribution in [-0.4, -0.2) is 27.2 Å². The Morgan fingerprint density at radius 2 is 2.26 bits per heavy atom. The number of hydrogen-bond acceptors (Lipinski definition) is 4. The fraction of sp³-hybridized carbons (Fsp3) is 0.312. The van der Waals surface area contributed by atoms with Crippen molar-refractivity contribution in [3.8, 4) is 0 Å². The van der Waals surface area contributed by atoms with E-state index in [-0.39, 0.29) is 5.91 Å². The van der Waals surface area contributed by atoms with Gasteiger partial charge in [-0.3, -0.25) is 4.79 Å². The number of nitrogens with one attached hydrogen (secondary N) is 1. The quantitative estimate of drug-likeness (QED) is 0.779. The fourth-order valence-electron chi connectivity index (χ4n) is 2.49. The van der Waals surface area contributed by atoms with E-state index >= 15 is 0 Å². The van der Waals surface area contributed by atoms with Crippen LogP contribution in [0.2, 0.25) is 5.02 Å². The number of hydrogen-bond donors (Lipinski definition) is 1. The molecule has 2 heterocycles. The van der Waals surface area contributed by atoms with Crippen molar-refractivity contribution in [2.45, 2.75) is 19.8 Å². The highest BCUT2D eigenvalue weighted by molar-refractivity contribution is 6.35. The van der Waals surface area contributed by atoms with Gasteiger partial charge in [-0.05, 0) is 12.1 Å². The van der Waals surface area contributed by atoms with Crippen LogP contribution in [0, 0.1) is 0 Å². The Labute approximate surface area is 138 Å². The monoisotopic (exact) mass is 332 g/mol. The first-order valence-corrected chi connectivity index (χ1v) is 7.81. The number of fused-ring (bicyclic) bond motifs is 1. The highest BCUT2D eigenvalue weighted by Gasteiger charge is 2.15. The average Bonchev–Trinajstić information content (AvgIpc) is 3.12. The Bertz CT molecular complexity index is 853. The maximum Gasteiger partial charge on any atom is 0.267 e. The lowest BCUT2D eigenvalue weighted by Crippen LogP contribution is -2.27. The largest absolute Gasteiger partial charge is 0.350 e. The molecule has 0 saturated heterocycles. The van der Waals surface area contributed by atoms with Crippen molar-refractivity contribution in [3.63, 3.8) is 0 Å². The molecule has 0 aliphatic carbocycles. The number of benzene rings is 1. The Balaban J connectivity index is 1.69. The van der Waals surface area contributed by atoms with E-state index in [9.17, 15) is 4.79 Å². The van der Waals surface area contributed by atoms with Crippen molar-refractivity contribution in [2.75, 3.05) is 6.54 Å². The molecule has 7 heteroatoms. The minimum atomic E-state index is -0.157. The first kappa shape index (κ1) is 15.6. The van der Waals surface area contributed by atoms with Gasteiger partial charge >= 0.3 is 0 Å². The molecule has 0 fully saturated rings. The van der Waals surface area contributed by atoms with Gasteiger partial charge in [0.15, 0.2) is 5.82 Å². The van der Waals surface area contributed by atoms with Gasteiger partial charge in [0.1, 0.15) is 5.69 Å². The highest BCUT2D eigenvalue weighted by atomic mass is 35.5. The van der Waals surface area contributed by atoms with Crippen molar-refractivity contribution in [2.24, 2.45) is 7.05 Å². The summed E-state index contributed by atoms with van der Waals surface area (Å²) >= 11 is 6.20. The predicted molar refractivity (Wildman–Crippen MR) is 87.6 cm³/mol. The minimum absolute atomic E-state index is 0.157. The summed E-state index contributed by atoms with van der Waals surface area (Å²) in [6, 6.07) is 7.45. The molecule has 1 aromatic carbocycles. The number of rotatable bonds is 5. The van der Waals surface area contributed by atoms with E-state index in [0.29, 0.717) is 35.4 Å². The summed E-state index contributed by atoms with van der Waals surface area (Å²) in [5.74, 6) is 1.05. The maximum absolute atomic E-state index is 12.4. The summed E-state index contributed by atoms with van der Waals surface area (Å²) in [5, 5.41) is 8.26. The normalized spacial score (nSPS) is 11.1. The van der Waals surface area contributed by atoms with Crippen molar-refractivity contribution < 1.29 is 9.32 Å². The van der Waals surface area contributed by atoms with Crippen molar-refractivity contribution in [1.82, 2.24) is 20.0 Å². The van der Waals surface area contributed by atoms with Gasteiger partial charge in [-0.2, -0.15) is 4.98 Å². The zero-order valence-electron chi connectivity index (χ0n) is 13.0. The second kappa shape index (κ2) is 6.42. The van der Waals surface area contributed by atoms with Crippen LogP contribution in [0.1, 0.15) is 29.1 Å². The molecule has 0 aliphatic heterocycles. The van der Waals surface area contributed by atoms with Gasteiger partial charge in [-0.15, -0.1) is 0 Å². The number of para-hydroxylation sites is 1. The number of halogens is 1. The highest BCUT2D eigenvalue weighted by Crippen LogP contribution is 2.25. The van der Waals surface area contributed by atoms with Crippen LogP contribution in [0.25, 0.3) is 10.9 Å². The van der Waals surface area contributed by atoms with Gasteiger partial charge in [0, 0.05) is 31.8 Å². The smallest absolute Gasteiger partial charge is 0.267 e. The fourth-order valence-corrected chi connectivity index (χ4v) is 2.80. The van der Waals surface area contributed by atoms with Gasteiger partial charge in [0.25, 0.3) is 5.91 Å². The van der Waals surface area contributed by atoms with Gasteiger partial charge in [0.2, 0.25) is 5.89 Å². The average molecular weight is 333 g/mol. The van der Waals surface area contributed by atoms with E-state index < -0.39 is 0 Å². The van der Waals surface area contributed by atoms with Crippen LogP contribution >= 0.6 is 11.6 Å². The molecule has 2 aromatic heterocycles. The van der Waals surface area contributed by atoms with E-state index in [1.807, 2.05) is 38.2 Å². The van der Waals surface area contributed by atoms with Gasteiger partial charge in [-0.25, -0.2) is 0 Å². The standard InChI is InChI=1S/C16H17ClN4O2/c1-3-13-19-14(23-20-13)7-8-18-16(22)12-9-10-5-4-6-11(17)15(10)21(12)2/h4-6,9H,3,7-8H2,1-2H3,(H,18,22). The van der Waals surface area contributed by atoms with E-state index in [2.05, 4.69) is 15.5 Å². The zero-order chi connectivity index (χ0) is 16.4. The zero-order valence-corrected chi connectivity index (χ0v) is 13.7. The maximum atomic E-state index is 12.4. The van der Waals surface area contributed by atoms with E-state index in [1.165, 1.54) is 0 Å². The van der Waals surface area contributed by atoms with E-state index in [4.69, 9.17) is 16.1 Å². The van der Waals surface area contributed by atoms with Crippen LogP contribution < -0.4 is 5.32 Å². The second-order valence-electron chi connectivity index (χ2n) is 5.23. The molecule has 0 unspecified atom stereocenters. The lowest BCUT2D eigenvalue weighted by molar-refractivity contribution is 0.0945. The Kier molecular flexibility index (Phi) is 4.34. The van der Waals surface area contributed by atoms with Crippen molar-refractivity contribution in [3.05, 3.63) is 46.7 Å². The third kappa shape index (κ3) is 3.07. The number of aromatic nitrogens is 3.